The Morgan fingerprint density at radius 1 is 1.19 bits per heavy atom. The molecule has 1 saturated heterocycles. The normalized spacial score (nSPS) is 34.9. The molecule has 1 aliphatic carbocycles. The van der Waals surface area contributed by atoms with Crippen LogP contribution in [0.25, 0.3) is 0 Å². The average molecular weight is 227 g/mol. The number of hydrogen-bond acceptors (Lipinski definition) is 3. The van der Waals surface area contributed by atoms with Crippen molar-refractivity contribution in [3.05, 3.63) is 0 Å². The van der Waals surface area contributed by atoms with Crippen LogP contribution in [0.1, 0.15) is 45.4 Å². The molecule has 0 spiro atoms. The van der Waals surface area contributed by atoms with E-state index in [1.165, 1.54) is 38.5 Å². The van der Waals surface area contributed by atoms with E-state index in [9.17, 15) is 5.11 Å². The second kappa shape index (κ2) is 5.99. The molecule has 2 aliphatic rings. The van der Waals surface area contributed by atoms with Crippen molar-refractivity contribution in [1.29, 1.82) is 0 Å². The quantitative estimate of drug-likeness (QED) is 0.730. The van der Waals surface area contributed by atoms with Crippen molar-refractivity contribution in [2.45, 2.75) is 63.6 Å². The van der Waals surface area contributed by atoms with Gasteiger partial charge < -0.3 is 9.84 Å². The van der Waals surface area contributed by atoms with Crippen molar-refractivity contribution in [3.63, 3.8) is 0 Å². The van der Waals surface area contributed by atoms with Crippen molar-refractivity contribution in [3.8, 4) is 0 Å². The maximum atomic E-state index is 9.20. The highest BCUT2D eigenvalue weighted by molar-refractivity contribution is 4.84. The van der Waals surface area contributed by atoms with E-state index in [1.807, 2.05) is 0 Å². The zero-order valence-corrected chi connectivity index (χ0v) is 10.4. The van der Waals surface area contributed by atoms with Crippen LogP contribution in [0.15, 0.2) is 0 Å². The molecule has 94 valence electrons. The van der Waals surface area contributed by atoms with Crippen molar-refractivity contribution < 1.29 is 9.84 Å². The lowest BCUT2D eigenvalue weighted by Gasteiger charge is -2.42. The summed E-state index contributed by atoms with van der Waals surface area (Å²) in [6.07, 6.45) is 8.26. The lowest BCUT2D eigenvalue weighted by Crippen LogP contribution is -2.53. The molecular weight excluding hydrogens is 202 g/mol. The summed E-state index contributed by atoms with van der Waals surface area (Å²) in [7, 11) is 0. The summed E-state index contributed by atoms with van der Waals surface area (Å²) >= 11 is 0. The van der Waals surface area contributed by atoms with E-state index in [2.05, 4.69) is 11.8 Å². The zero-order chi connectivity index (χ0) is 11.4. The van der Waals surface area contributed by atoms with Crippen LogP contribution in [0.2, 0.25) is 0 Å². The van der Waals surface area contributed by atoms with Crippen molar-refractivity contribution in [1.82, 2.24) is 4.90 Å². The van der Waals surface area contributed by atoms with E-state index in [0.717, 1.165) is 19.2 Å². The van der Waals surface area contributed by atoms with Gasteiger partial charge in [0.25, 0.3) is 0 Å². The first-order chi connectivity index (χ1) is 7.81. The van der Waals surface area contributed by atoms with Gasteiger partial charge in [0.15, 0.2) is 0 Å². The number of rotatable bonds is 2. The summed E-state index contributed by atoms with van der Waals surface area (Å²) in [6, 6.07) is 1.25. The Balaban J connectivity index is 1.93. The smallest absolute Gasteiger partial charge is 0.0933 e. The molecule has 1 saturated carbocycles. The topological polar surface area (TPSA) is 32.7 Å². The van der Waals surface area contributed by atoms with Crippen LogP contribution in [-0.2, 0) is 4.74 Å². The fourth-order valence-electron chi connectivity index (χ4n) is 3.05. The molecule has 1 aliphatic heterocycles. The minimum atomic E-state index is 0.0412. The number of ether oxygens (including phenoxy) is 1. The maximum Gasteiger partial charge on any atom is 0.0933 e. The van der Waals surface area contributed by atoms with E-state index in [-0.39, 0.29) is 12.7 Å². The Hall–Kier alpha value is -0.120. The second-order valence-electron chi connectivity index (χ2n) is 5.33. The minimum absolute atomic E-state index is 0.0412. The Morgan fingerprint density at radius 2 is 1.88 bits per heavy atom. The molecule has 2 rings (SSSR count). The molecule has 0 aromatic heterocycles. The summed E-state index contributed by atoms with van der Waals surface area (Å²) in [5, 5.41) is 9.20. The molecule has 0 radical (unpaired) electrons. The first-order valence-electron chi connectivity index (χ1n) is 6.79. The molecule has 2 atom stereocenters. The third-order valence-corrected chi connectivity index (χ3v) is 4.05. The number of nitrogens with zero attached hydrogens (tertiary/aromatic N) is 1. The molecule has 0 aromatic rings. The number of morpholine rings is 1. The highest BCUT2D eigenvalue weighted by Gasteiger charge is 2.30. The van der Waals surface area contributed by atoms with E-state index < -0.39 is 0 Å². The Kier molecular flexibility index (Phi) is 4.62. The molecule has 2 unspecified atom stereocenters. The summed E-state index contributed by atoms with van der Waals surface area (Å²) in [6.45, 7) is 4.11. The first-order valence-corrected chi connectivity index (χ1v) is 6.79. The van der Waals surface area contributed by atoms with Gasteiger partial charge in [0, 0.05) is 18.6 Å². The van der Waals surface area contributed by atoms with Gasteiger partial charge in [0.05, 0.1) is 19.3 Å². The van der Waals surface area contributed by atoms with Crippen LogP contribution in [0, 0.1) is 0 Å². The number of aliphatic hydroxyl groups is 1. The molecule has 3 heteroatoms. The van der Waals surface area contributed by atoms with E-state index in [0.29, 0.717) is 6.04 Å². The standard InChI is InChI=1S/C13H25NO2/c1-11-10-16-13(9-15)8-14(11)12-6-4-2-3-5-7-12/h11-13,15H,2-10H2,1H3. The average Bonchev–Trinajstić information content (AvgIpc) is 2.58. The molecule has 0 aromatic carbocycles. The van der Waals surface area contributed by atoms with Crippen molar-refractivity contribution in [2.24, 2.45) is 0 Å². The lowest BCUT2D eigenvalue weighted by atomic mass is 10.0. The Morgan fingerprint density at radius 3 is 2.50 bits per heavy atom. The summed E-state index contributed by atoms with van der Waals surface area (Å²) in [5.74, 6) is 0. The van der Waals surface area contributed by atoms with E-state index in [1.54, 1.807) is 0 Å². The maximum absolute atomic E-state index is 9.20. The van der Waals surface area contributed by atoms with Crippen LogP contribution < -0.4 is 0 Å². The van der Waals surface area contributed by atoms with Crippen LogP contribution in [-0.4, -0.2) is 48.0 Å². The third kappa shape index (κ3) is 2.96. The summed E-state index contributed by atoms with van der Waals surface area (Å²) in [4.78, 5) is 2.58. The highest BCUT2D eigenvalue weighted by atomic mass is 16.5. The van der Waals surface area contributed by atoms with Crippen molar-refractivity contribution in [2.75, 3.05) is 19.8 Å². The van der Waals surface area contributed by atoms with E-state index in [4.69, 9.17) is 4.74 Å². The fraction of sp³-hybridized carbons (Fsp3) is 1.00. The van der Waals surface area contributed by atoms with Crippen LogP contribution in [0.5, 0.6) is 0 Å². The van der Waals surface area contributed by atoms with Gasteiger partial charge in [-0.15, -0.1) is 0 Å². The largest absolute Gasteiger partial charge is 0.394 e. The fourth-order valence-corrected chi connectivity index (χ4v) is 3.05. The molecule has 3 nitrogen and oxygen atoms in total. The van der Waals surface area contributed by atoms with Gasteiger partial charge >= 0.3 is 0 Å². The van der Waals surface area contributed by atoms with Crippen LogP contribution >= 0.6 is 0 Å². The molecular formula is C13H25NO2. The minimum Gasteiger partial charge on any atom is -0.394 e. The third-order valence-electron chi connectivity index (χ3n) is 4.05. The van der Waals surface area contributed by atoms with Gasteiger partial charge in [-0.1, -0.05) is 25.7 Å². The lowest BCUT2D eigenvalue weighted by molar-refractivity contribution is -0.0926. The second-order valence-corrected chi connectivity index (χ2v) is 5.33. The molecule has 2 fully saturated rings. The molecule has 0 amide bonds. The highest BCUT2D eigenvalue weighted by Crippen LogP contribution is 2.25. The summed E-state index contributed by atoms with van der Waals surface area (Å²) < 4.78 is 5.60. The molecule has 0 bridgehead atoms. The molecule has 16 heavy (non-hydrogen) atoms. The first kappa shape index (κ1) is 12.3. The predicted octanol–water partition coefficient (Wildman–Crippen LogP) is 1.79. The SMILES string of the molecule is CC1COC(CO)CN1C1CCCCCC1. The van der Waals surface area contributed by atoms with Crippen LogP contribution in [0.3, 0.4) is 0 Å². The van der Waals surface area contributed by atoms with Gasteiger partial charge in [-0.2, -0.15) is 0 Å². The zero-order valence-electron chi connectivity index (χ0n) is 10.4. The van der Waals surface area contributed by atoms with Crippen LogP contribution in [0.4, 0.5) is 0 Å². The van der Waals surface area contributed by atoms with Gasteiger partial charge in [0.2, 0.25) is 0 Å². The van der Waals surface area contributed by atoms with Gasteiger partial charge in [-0.05, 0) is 19.8 Å². The summed E-state index contributed by atoms with van der Waals surface area (Å²) in [5.41, 5.74) is 0. The van der Waals surface area contributed by atoms with E-state index >= 15 is 0 Å². The number of aliphatic hydroxyl groups excluding tert-OH is 1. The Bertz CT molecular complexity index is 202. The van der Waals surface area contributed by atoms with Gasteiger partial charge in [-0.3, -0.25) is 4.90 Å². The van der Waals surface area contributed by atoms with Gasteiger partial charge in [0.1, 0.15) is 0 Å². The monoisotopic (exact) mass is 227 g/mol. The van der Waals surface area contributed by atoms with Crippen molar-refractivity contribution >= 4 is 0 Å². The predicted molar refractivity (Wildman–Crippen MR) is 64.5 cm³/mol. The molecule has 1 heterocycles. The van der Waals surface area contributed by atoms with Gasteiger partial charge in [-0.25, -0.2) is 0 Å². The number of hydrogen-bond donors (Lipinski definition) is 1. The molecule has 1 N–H and O–H groups in total. The Labute approximate surface area is 98.8 Å².